The van der Waals surface area contributed by atoms with E-state index in [9.17, 15) is 9.90 Å². The van der Waals surface area contributed by atoms with Gasteiger partial charge in [0, 0.05) is 42.7 Å². The van der Waals surface area contributed by atoms with Gasteiger partial charge in [0.15, 0.2) is 5.72 Å². The van der Waals surface area contributed by atoms with Crippen molar-refractivity contribution in [1.82, 2.24) is 5.32 Å². The van der Waals surface area contributed by atoms with Crippen molar-refractivity contribution in [1.29, 1.82) is 0 Å². The van der Waals surface area contributed by atoms with Gasteiger partial charge in [-0.25, -0.2) is 0 Å². The van der Waals surface area contributed by atoms with E-state index in [1.54, 1.807) is 6.92 Å². The van der Waals surface area contributed by atoms with Crippen LogP contribution in [0, 0.1) is 0 Å². The predicted molar refractivity (Wildman–Crippen MR) is 89.9 cm³/mol. The molecule has 2 heterocycles. The third-order valence-corrected chi connectivity index (χ3v) is 4.79. The standard InChI is InChI=1S/C18H24N2O3/c1-5-20(6-2)12-7-8-13-14-10-18(4,23-15(13)9-12)19-17(22)16(14)11(3)21/h7-9,14,21H,5-6,10H2,1-4H3,(H,19,22)/b16-11-. The third-order valence-electron chi connectivity index (χ3n) is 4.79. The van der Waals surface area contributed by atoms with Gasteiger partial charge in [-0.1, -0.05) is 6.07 Å². The number of nitrogens with one attached hydrogen (secondary N) is 1. The molecule has 1 saturated heterocycles. The van der Waals surface area contributed by atoms with Crippen molar-refractivity contribution in [3.05, 3.63) is 35.1 Å². The van der Waals surface area contributed by atoms with Crippen molar-refractivity contribution in [2.24, 2.45) is 0 Å². The third kappa shape index (κ3) is 2.54. The van der Waals surface area contributed by atoms with Gasteiger partial charge in [-0.2, -0.15) is 0 Å². The molecule has 3 rings (SSSR count). The number of amides is 1. The minimum absolute atomic E-state index is 0.0789. The van der Waals surface area contributed by atoms with Crippen LogP contribution in [0.2, 0.25) is 0 Å². The number of aliphatic hydroxyl groups is 1. The maximum absolute atomic E-state index is 12.3. The summed E-state index contributed by atoms with van der Waals surface area (Å²) in [4.78, 5) is 14.6. The van der Waals surface area contributed by atoms with Crippen molar-refractivity contribution in [2.45, 2.75) is 45.8 Å². The highest BCUT2D eigenvalue weighted by Gasteiger charge is 2.47. The predicted octanol–water partition coefficient (Wildman–Crippen LogP) is 3.08. The molecule has 1 aromatic rings. The van der Waals surface area contributed by atoms with E-state index in [1.165, 1.54) is 0 Å². The molecule has 124 valence electrons. The van der Waals surface area contributed by atoms with Gasteiger partial charge in [0.1, 0.15) is 5.75 Å². The van der Waals surface area contributed by atoms with E-state index < -0.39 is 5.72 Å². The SMILES string of the molecule is CCN(CC)c1ccc2c(c1)OC1(C)CC2/C(=C(\C)O)C(=O)N1. The van der Waals surface area contributed by atoms with Crippen LogP contribution >= 0.6 is 0 Å². The number of carbonyl (C=O) groups excluding carboxylic acids is 1. The second-order valence-electron chi connectivity index (χ2n) is 6.44. The number of hydrogen-bond donors (Lipinski definition) is 2. The Bertz CT molecular complexity index is 675. The Labute approximate surface area is 136 Å². The van der Waals surface area contributed by atoms with Crippen molar-refractivity contribution >= 4 is 11.6 Å². The lowest BCUT2D eigenvalue weighted by Crippen LogP contribution is -2.58. The molecule has 2 aliphatic heterocycles. The van der Waals surface area contributed by atoms with Gasteiger partial charge in [-0.3, -0.25) is 4.79 Å². The molecule has 2 unspecified atom stereocenters. The minimum Gasteiger partial charge on any atom is -0.512 e. The van der Waals surface area contributed by atoms with E-state index in [0.29, 0.717) is 12.0 Å². The maximum atomic E-state index is 12.3. The fraction of sp³-hybridized carbons (Fsp3) is 0.500. The van der Waals surface area contributed by atoms with E-state index in [0.717, 1.165) is 30.1 Å². The molecular weight excluding hydrogens is 292 g/mol. The Balaban J connectivity index is 2.10. The Morgan fingerprint density at radius 1 is 1.43 bits per heavy atom. The summed E-state index contributed by atoms with van der Waals surface area (Å²) in [5.74, 6) is 0.484. The lowest BCUT2D eigenvalue weighted by atomic mass is 9.78. The summed E-state index contributed by atoms with van der Waals surface area (Å²) in [6.07, 6.45) is 0.629. The van der Waals surface area contributed by atoms with Crippen LogP contribution in [-0.4, -0.2) is 29.8 Å². The largest absolute Gasteiger partial charge is 0.512 e. The highest BCUT2D eigenvalue weighted by molar-refractivity contribution is 5.97. The second-order valence-corrected chi connectivity index (χ2v) is 6.44. The van der Waals surface area contributed by atoms with Gasteiger partial charge in [-0.15, -0.1) is 0 Å². The Kier molecular flexibility index (Phi) is 3.74. The number of piperidine rings is 1. The van der Waals surface area contributed by atoms with Crippen molar-refractivity contribution < 1.29 is 14.6 Å². The summed E-state index contributed by atoms with van der Waals surface area (Å²) >= 11 is 0. The van der Waals surface area contributed by atoms with Crippen LogP contribution in [0.1, 0.15) is 45.6 Å². The zero-order valence-corrected chi connectivity index (χ0v) is 14.1. The molecule has 1 amide bonds. The summed E-state index contributed by atoms with van der Waals surface area (Å²) in [5.41, 5.74) is 1.80. The zero-order chi connectivity index (χ0) is 16.8. The molecule has 2 N–H and O–H groups in total. The number of rotatable bonds is 3. The van der Waals surface area contributed by atoms with Crippen molar-refractivity contribution in [3.63, 3.8) is 0 Å². The van der Waals surface area contributed by atoms with E-state index >= 15 is 0 Å². The maximum Gasteiger partial charge on any atom is 0.254 e. The summed E-state index contributed by atoms with van der Waals surface area (Å²) in [6, 6.07) is 6.12. The first-order chi connectivity index (χ1) is 10.9. The summed E-state index contributed by atoms with van der Waals surface area (Å²) in [7, 11) is 0. The molecule has 0 spiro atoms. The van der Waals surface area contributed by atoms with Crippen LogP contribution in [0.3, 0.4) is 0 Å². The number of allylic oxidation sites excluding steroid dienone is 1. The number of benzene rings is 1. The number of anilines is 1. The van der Waals surface area contributed by atoms with Crippen LogP contribution in [0.15, 0.2) is 29.5 Å². The molecule has 23 heavy (non-hydrogen) atoms. The van der Waals surface area contributed by atoms with Gasteiger partial charge in [0.05, 0.1) is 11.3 Å². The molecule has 0 radical (unpaired) electrons. The quantitative estimate of drug-likeness (QED) is 0.664. The van der Waals surface area contributed by atoms with Crippen LogP contribution < -0.4 is 15.0 Å². The fourth-order valence-electron chi connectivity index (χ4n) is 3.68. The van der Waals surface area contributed by atoms with Gasteiger partial charge in [-0.05, 0) is 33.8 Å². The molecule has 2 atom stereocenters. The molecule has 5 nitrogen and oxygen atoms in total. The van der Waals surface area contributed by atoms with Gasteiger partial charge >= 0.3 is 0 Å². The van der Waals surface area contributed by atoms with Crippen molar-refractivity contribution in [3.8, 4) is 5.75 Å². The molecule has 2 bridgehead atoms. The van der Waals surface area contributed by atoms with Crippen LogP contribution in [0.5, 0.6) is 5.75 Å². The number of nitrogens with zero attached hydrogens (tertiary/aromatic N) is 1. The summed E-state index contributed by atoms with van der Waals surface area (Å²) < 4.78 is 6.11. The Morgan fingerprint density at radius 3 is 2.74 bits per heavy atom. The Morgan fingerprint density at radius 2 is 2.13 bits per heavy atom. The highest BCUT2D eigenvalue weighted by atomic mass is 16.5. The zero-order valence-electron chi connectivity index (χ0n) is 14.1. The molecule has 0 saturated carbocycles. The van der Waals surface area contributed by atoms with E-state index in [-0.39, 0.29) is 17.6 Å². The first kappa shape index (κ1) is 15.7. The fourth-order valence-corrected chi connectivity index (χ4v) is 3.68. The van der Waals surface area contributed by atoms with Gasteiger partial charge < -0.3 is 20.1 Å². The molecular formula is C18H24N2O3. The number of ether oxygens (including phenoxy) is 1. The lowest BCUT2D eigenvalue weighted by Gasteiger charge is -2.45. The first-order valence-corrected chi connectivity index (χ1v) is 8.18. The van der Waals surface area contributed by atoms with E-state index in [2.05, 4.69) is 30.1 Å². The number of aliphatic hydroxyl groups excluding tert-OH is 1. The minimum atomic E-state index is -0.727. The smallest absolute Gasteiger partial charge is 0.254 e. The average Bonchev–Trinajstić information content (AvgIpc) is 2.46. The Hall–Kier alpha value is -2.17. The lowest BCUT2D eigenvalue weighted by molar-refractivity contribution is -0.127. The monoisotopic (exact) mass is 316 g/mol. The van der Waals surface area contributed by atoms with Crippen LogP contribution in [0.4, 0.5) is 5.69 Å². The number of hydrogen-bond acceptors (Lipinski definition) is 4. The number of fused-ring (bicyclic) bond motifs is 4. The second kappa shape index (κ2) is 5.48. The normalized spacial score (nSPS) is 27.7. The molecule has 0 aliphatic carbocycles. The number of carbonyl (C=O) groups is 1. The van der Waals surface area contributed by atoms with Gasteiger partial charge in [0.25, 0.3) is 5.91 Å². The van der Waals surface area contributed by atoms with Gasteiger partial charge in [0.2, 0.25) is 0 Å². The summed E-state index contributed by atoms with van der Waals surface area (Å²) in [5, 5.41) is 12.8. The van der Waals surface area contributed by atoms with Crippen LogP contribution in [0.25, 0.3) is 0 Å². The van der Waals surface area contributed by atoms with Crippen molar-refractivity contribution in [2.75, 3.05) is 18.0 Å². The van der Waals surface area contributed by atoms with E-state index in [4.69, 9.17) is 4.74 Å². The molecule has 1 fully saturated rings. The molecule has 0 aromatic heterocycles. The molecule has 2 aliphatic rings. The topological polar surface area (TPSA) is 61.8 Å². The highest BCUT2D eigenvalue weighted by Crippen LogP contribution is 2.48. The summed E-state index contributed by atoms with van der Waals surface area (Å²) in [6.45, 7) is 9.54. The van der Waals surface area contributed by atoms with E-state index in [1.807, 2.05) is 19.1 Å². The average molecular weight is 316 g/mol. The molecule has 5 heteroatoms. The van der Waals surface area contributed by atoms with Crippen LogP contribution in [-0.2, 0) is 4.79 Å². The first-order valence-electron chi connectivity index (χ1n) is 8.18. The molecule has 1 aromatic carbocycles.